The van der Waals surface area contributed by atoms with Crippen LogP contribution < -0.4 is 20.1 Å². The highest BCUT2D eigenvalue weighted by molar-refractivity contribution is 5.73. The van der Waals surface area contributed by atoms with Gasteiger partial charge in [0.25, 0.3) is 0 Å². The number of ether oxygens (including phenoxy) is 2. The van der Waals surface area contributed by atoms with Gasteiger partial charge >= 0.3 is 6.03 Å². The first kappa shape index (κ1) is 13.3. The van der Waals surface area contributed by atoms with E-state index < -0.39 is 0 Å². The first-order chi connectivity index (χ1) is 9.29. The molecule has 0 fully saturated rings. The van der Waals surface area contributed by atoms with Crippen LogP contribution in [0.25, 0.3) is 0 Å². The summed E-state index contributed by atoms with van der Waals surface area (Å²) in [5, 5.41) is 5.43. The summed E-state index contributed by atoms with van der Waals surface area (Å²) in [4.78, 5) is 11.3. The van der Waals surface area contributed by atoms with Gasteiger partial charge in [0.1, 0.15) is 13.2 Å². The molecule has 0 saturated heterocycles. The minimum atomic E-state index is -0.183. The monoisotopic (exact) mass is 262 g/mol. The summed E-state index contributed by atoms with van der Waals surface area (Å²) in [6.07, 6.45) is 2.39. The van der Waals surface area contributed by atoms with E-state index in [9.17, 15) is 4.79 Å². The molecule has 2 N–H and O–H groups in total. The second-order valence-electron chi connectivity index (χ2n) is 4.15. The van der Waals surface area contributed by atoms with Gasteiger partial charge in [-0.25, -0.2) is 4.79 Å². The lowest BCUT2D eigenvalue weighted by molar-refractivity contribution is 0.171. The molecule has 0 saturated carbocycles. The van der Waals surface area contributed by atoms with Crippen LogP contribution in [-0.2, 0) is 6.42 Å². The lowest BCUT2D eigenvalue weighted by atomic mass is 10.1. The van der Waals surface area contributed by atoms with E-state index in [1.54, 1.807) is 6.08 Å². The minimum Gasteiger partial charge on any atom is -0.486 e. The Balaban J connectivity index is 1.80. The molecule has 19 heavy (non-hydrogen) atoms. The van der Waals surface area contributed by atoms with Crippen LogP contribution in [0.5, 0.6) is 11.5 Å². The van der Waals surface area contributed by atoms with E-state index in [1.165, 1.54) is 0 Å². The van der Waals surface area contributed by atoms with Gasteiger partial charge in [0, 0.05) is 13.1 Å². The Bertz CT molecular complexity index is 460. The topological polar surface area (TPSA) is 59.6 Å². The number of carbonyl (C=O) groups excluding carboxylic acids is 1. The van der Waals surface area contributed by atoms with Crippen molar-refractivity contribution >= 4 is 6.03 Å². The van der Waals surface area contributed by atoms with Crippen molar-refractivity contribution in [1.82, 2.24) is 10.6 Å². The summed E-state index contributed by atoms with van der Waals surface area (Å²) in [5.41, 5.74) is 1.10. The van der Waals surface area contributed by atoms with Crippen molar-refractivity contribution in [3.05, 3.63) is 36.4 Å². The number of amides is 2. The highest BCUT2D eigenvalue weighted by atomic mass is 16.6. The lowest BCUT2D eigenvalue weighted by Crippen LogP contribution is -2.36. The van der Waals surface area contributed by atoms with Gasteiger partial charge in [-0.3, -0.25) is 0 Å². The zero-order chi connectivity index (χ0) is 13.5. The molecule has 5 nitrogen and oxygen atoms in total. The van der Waals surface area contributed by atoms with Gasteiger partial charge in [0.15, 0.2) is 11.5 Å². The Labute approximate surface area is 112 Å². The first-order valence-electron chi connectivity index (χ1n) is 6.30. The van der Waals surface area contributed by atoms with Crippen LogP contribution in [-0.4, -0.2) is 32.3 Å². The van der Waals surface area contributed by atoms with E-state index in [-0.39, 0.29) is 6.03 Å². The third kappa shape index (κ3) is 3.91. The summed E-state index contributed by atoms with van der Waals surface area (Å²) < 4.78 is 11.0. The average molecular weight is 262 g/mol. The standard InChI is InChI=1S/C14H18N2O3/c1-2-6-15-14(17)16-7-5-11-3-4-12-13(10-11)19-9-8-18-12/h2-4,10H,1,5-9H2,(H2,15,16,17). The van der Waals surface area contributed by atoms with Gasteiger partial charge in [-0.2, -0.15) is 0 Å². The maximum atomic E-state index is 11.3. The number of hydrogen-bond donors (Lipinski definition) is 2. The third-order valence-electron chi connectivity index (χ3n) is 2.71. The Morgan fingerprint density at radius 2 is 2.05 bits per heavy atom. The van der Waals surface area contributed by atoms with Crippen molar-refractivity contribution in [2.45, 2.75) is 6.42 Å². The van der Waals surface area contributed by atoms with Crippen LogP contribution in [0.15, 0.2) is 30.9 Å². The van der Waals surface area contributed by atoms with Crippen molar-refractivity contribution in [3.63, 3.8) is 0 Å². The molecule has 1 heterocycles. The number of nitrogens with one attached hydrogen (secondary N) is 2. The molecule has 2 amide bonds. The van der Waals surface area contributed by atoms with Crippen molar-refractivity contribution in [1.29, 1.82) is 0 Å². The SMILES string of the molecule is C=CCNC(=O)NCCc1ccc2c(c1)OCCO2. The van der Waals surface area contributed by atoms with Crippen LogP contribution in [0.1, 0.15) is 5.56 Å². The molecule has 1 aliphatic rings. The summed E-state index contributed by atoms with van der Waals surface area (Å²) in [6, 6.07) is 5.66. The van der Waals surface area contributed by atoms with Crippen LogP contribution in [0.2, 0.25) is 0 Å². The normalized spacial score (nSPS) is 12.6. The summed E-state index contributed by atoms with van der Waals surface area (Å²) >= 11 is 0. The van der Waals surface area contributed by atoms with E-state index in [0.717, 1.165) is 23.5 Å². The minimum absolute atomic E-state index is 0.183. The van der Waals surface area contributed by atoms with Gasteiger partial charge in [0.2, 0.25) is 0 Å². The maximum absolute atomic E-state index is 11.3. The molecule has 1 aromatic carbocycles. The van der Waals surface area contributed by atoms with Crippen molar-refractivity contribution in [2.75, 3.05) is 26.3 Å². The molecule has 5 heteroatoms. The molecular weight excluding hydrogens is 244 g/mol. The zero-order valence-corrected chi connectivity index (χ0v) is 10.8. The second-order valence-corrected chi connectivity index (χ2v) is 4.15. The number of hydrogen-bond acceptors (Lipinski definition) is 3. The van der Waals surface area contributed by atoms with E-state index in [2.05, 4.69) is 17.2 Å². The number of fused-ring (bicyclic) bond motifs is 1. The molecule has 0 spiro atoms. The summed E-state index contributed by atoms with van der Waals surface area (Å²) in [6.45, 7) is 5.75. The Morgan fingerprint density at radius 1 is 1.26 bits per heavy atom. The van der Waals surface area contributed by atoms with E-state index >= 15 is 0 Å². The lowest BCUT2D eigenvalue weighted by Gasteiger charge is -2.18. The van der Waals surface area contributed by atoms with Gasteiger partial charge in [-0.15, -0.1) is 6.58 Å². The Morgan fingerprint density at radius 3 is 2.84 bits per heavy atom. The number of carbonyl (C=O) groups is 1. The molecule has 102 valence electrons. The molecule has 2 rings (SSSR count). The summed E-state index contributed by atoms with van der Waals surface area (Å²) in [7, 11) is 0. The molecule has 1 aromatic rings. The molecule has 0 bridgehead atoms. The van der Waals surface area contributed by atoms with Gasteiger partial charge in [-0.05, 0) is 24.1 Å². The molecule has 0 aliphatic carbocycles. The van der Waals surface area contributed by atoms with E-state index in [1.807, 2.05) is 18.2 Å². The molecular formula is C14H18N2O3. The Hall–Kier alpha value is -2.17. The predicted molar refractivity (Wildman–Crippen MR) is 72.7 cm³/mol. The van der Waals surface area contributed by atoms with Gasteiger partial charge < -0.3 is 20.1 Å². The molecule has 0 aromatic heterocycles. The van der Waals surface area contributed by atoms with Crippen molar-refractivity contribution in [3.8, 4) is 11.5 Å². The fourth-order valence-electron chi connectivity index (χ4n) is 1.79. The number of urea groups is 1. The molecule has 0 radical (unpaired) electrons. The number of rotatable bonds is 5. The van der Waals surface area contributed by atoms with Crippen LogP contribution in [0, 0.1) is 0 Å². The number of benzene rings is 1. The fraction of sp³-hybridized carbons (Fsp3) is 0.357. The maximum Gasteiger partial charge on any atom is 0.315 e. The molecule has 0 atom stereocenters. The van der Waals surface area contributed by atoms with Crippen LogP contribution in [0.4, 0.5) is 4.79 Å². The second kappa shape index (κ2) is 6.68. The highest BCUT2D eigenvalue weighted by Gasteiger charge is 2.11. The first-order valence-corrected chi connectivity index (χ1v) is 6.30. The van der Waals surface area contributed by atoms with Gasteiger partial charge in [0.05, 0.1) is 0 Å². The van der Waals surface area contributed by atoms with Crippen molar-refractivity contribution in [2.24, 2.45) is 0 Å². The van der Waals surface area contributed by atoms with Crippen molar-refractivity contribution < 1.29 is 14.3 Å². The Kier molecular flexibility index (Phi) is 4.66. The molecule has 1 aliphatic heterocycles. The largest absolute Gasteiger partial charge is 0.486 e. The van der Waals surface area contributed by atoms with Crippen LogP contribution in [0.3, 0.4) is 0 Å². The summed E-state index contributed by atoms with van der Waals surface area (Å²) in [5.74, 6) is 1.56. The highest BCUT2D eigenvalue weighted by Crippen LogP contribution is 2.30. The quantitative estimate of drug-likeness (QED) is 0.790. The van der Waals surface area contributed by atoms with E-state index in [0.29, 0.717) is 26.3 Å². The smallest absolute Gasteiger partial charge is 0.315 e. The third-order valence-corrected chi connectivity index (χ3v) is 2.71. The fourth-order valence-corrected chi connectivity index (χ4v) is 1.79. The van der Waals surface area contributed by atoms with E-state index in [4.69, 9.17) is 9.47 Å². The predicted octanol–water partition coefficient (Wildman–Crippen LogP) is 1.49. The molecule has 0 unspecified atom stereocenters. The average Bonchev–Trinajstić information content (AvgIpc) is 2.45. The van der Waals surface area contributed by atoms with Crippen LogP contribution >= 0.6 is 0 Å². The zero-order valence-electron chi connectivity index (χ0n) is 10.8. The van der Waals surface area contributed by atoms with Gasteiger partial charge in [-0.1, -0.05) is 12.1 Å².